The van der Waals surface area contributed by atoms with Crippen molar-refractivity contribution in [3.63, 3.8) is 0 Å². The van der Waals surface area contributed by atoms with Gasteiger partial charge in [-0.15, -0.1) is 0 Å². The number of hydrogen-bond donors (Lipinski definition) is 2. The maximum absolute atomic E-state index is 11.3. The van der Waals surface area contributed by atoms with E-state index in [9.17, 15) is 9.59 Å². The Balaban J connectivity index is 3.24. The summed E-state index contributed by atoms with van der Waals surface area (Å²) in [4.78, 5) is 22.3. The number of unbranched alkanes of at least 4 members (excludes halogenated alkanes) is 11. The Morgan fingerprint density at radius 2 is 1.31 bits per heavy atom. The van der Waals surface area contributed by atoms with Gasteiger partial charge in [-0.2, -0.15) is 0 Å². The molecule has 0 aliphatic rings. The SMILES string of the molecule is CCCCCC=CCC=CCCCCCCCCCCNC(=O)OCC(=O)NC. The Morgan fingerprint density at radius 1 is 0.759 bits per heavy atom. The minimum absolute atomic E-state index is 0.228. The molecule has 0 aromatic heterocycles. The lowest BCUT2D eigenvalue weighted by atomic mass is 10.1. The standard InChI is InChI=1S/C24H44N2O3/c1-3-4-5-6-7-8-9-10-11-12-13-14-15-16-17-18-19-20-21-26-24(28)29-22-23(27)25-2/h7-8,10-11H,3-6,9,12-22H2,1-2H3,(H,25,27)(H,26,28). The van der Waals surface area contributed by atoms with E-state index in [2.05, 4.69) is 41.9 Å². The van der Waals surface area contributed by atoms with Crippen molar-refractivity contribution in [3.8, 4) is 0 Å². The molecule has 5 heteroatoms. The average molecular weight is 409 g/mol. The molecule has 0 spiro atoms. The number of carbonyl (C=O) groups is 2. The molecule has 0 atom stereocenters. The fraction of sp³-hybridized carbons (Fsp3) is 0.750. The van der Waals surface area contributed by atoms with Crippen molar-refractivity contribution in [1.82, 2.24) is 10.6 Å². The number of alkyl carbamates (subject to hydrolysis) is 1. The summed E-state index contributed by atoms with van der Waals surface area (Å²) in [5, 5.41) is 5.06. The number of hydrogen-bond acceptors (Lipinski definition) is 3. The summed E-state index contributed by atoms with van der Waals surface area (Å²) >= 11 is 0. The summed E-state index contributed by atoms with van der Waals surface area (Å²) in [6.45, 7) is 2.62. The van der Waals surface area contributed by atoms with Crippen LogP contribution in [0.25, 0.3) is 0 Å². The fourth-order valence-electron chi connectivity index (χ4n) is 2.91. The average Bonchev–Trinajstić information content (AvgIpc) is 2.73. The van der Waals surface area contributed by atoms with Gasteiger partial charge in [0.25, 0.3) is 5.91 Å². The molecule has 0 unspecified atom stereocenters. The highest BCUT2D eigenvalue weighted by Crippen LogP contribution is 2.10. The molecule has 168 valence electrons. The van der Waals surface area contributed by atoms with Crippen molar-refractivity contribution in [2.75, 3.05) is 20.2 Å². The molecule has 0 aromatic rings. The number of carbonyl (C=O) groups excluding carboxylic acids is 2. The molecule has 0 rings (SSSR count). The smallest absolute Gasteiger partial charge is 0.407 e. The summed E-state index contributed by atoms with van der Waals surface area (Å²) < 4.78 is 4.76. The molecule has 0 heterocycles. The zero-order chi connectivity index (χ0) is 21.4. The van der Waals surface area contributed by atoms with Gasteiger partial charge in [-0.25, -0.2) is 4.79 Å². The van der Waals surface area contributed by atoms with E-state index in [0.29, 0.717) is 6.54 Å². The lowest BCUT2D eigenvalue weighted by Gasteiger charge is -2.06. The molecular weight excluding hydrogens is 364 g/mol. The lowest BCUT2D eigenvalue weighted by molar-refractivity contribution is -0.123. The van der Waals surface area contributed by atoms with Crippen LogP contribution in [0.15, 0.2) is 24.3 Å². The van der Waals surface area contributed by atoms with Crippen molar-refractivity contribution in [2.24, 2.45) is 0 Å². The topological polar surface area (TPSA) is 67.4 Å². The molecule has 0 saturated heterocycles. The fourth-order valence-corrected chi connectivity index (χ4v) is 2.91. The molecule has 0 aliphatic carbocycles. The second-order valence-corrected chi connectivity index (χ2v) is 7.47. The molecule has 0 bridgehead atoms. The molecule has 0 radical (unpaired) electrons. The van der Waals surface area contributed by atoms with Crippen LogP contribution in [0.5, 0.6) is 0 Å². The van der Waals surface area contributed by atoms with Gasteiger partial charge in [-0.1, -0.05) is 82.6 Å². The normalized spacial score (nSPS) is 11.2. The Morgan fingerprint density at radius 3 is 1.90 bits per heavy atom. The monoisotopic (exact) mass is 408 g/mol. The van der Waals surface area contributed by atoms with Gasteiger partial charge in [-0.3, -0.25) is 4.79 Å². The maximum Gasteiger partial charge on any atom is 0.407 e. The number of ether oxygens (including phenoxy) is 1. The van der Waals surface area contributed by atoms with E-state index in [4.69, 9.17) is 4.74 Å². The quantitative estimate of drug-likeness (QED) is 0.202. The molecular formula is C24H44N2O3. The Hall–Kier alpha value is -1.78. The molecule has 2 N–H and O–H groups in total. The van der Waals surface area contributed by atoms with Crippen LogP contribution in [0.1, 0.15) is 96.8 Å². The van der Waals surface area contributed by atoms with Crippen molar-refractivity contribution in [2.45, 2.75) is 96.8 Å². The Labute approximate surface area is 178 Å². The summed E-state index contributed by atoms with van der Waals surface area (Å²) in [7, 11) is 1.51. The van der Waals surface area contributed by atoms with Gasteiger partial charge in [0.1, 0.15) is 0 Å². The second kappa shape index (κ2) is 22.5. The predicted octanol–water partition coefficient (Wildman–Crippen LogP) is 6.05. The first-order chi connectivity index (χ1) is 14.2. The number of allylic oxidation sites excluding steroid dienone is 4. The number of rotatable bonds is 19. The van der Waals surface area contributed by atoms with Crippen LogP contribution in [0.4, 0.5) is 4.79 Å². The predicted molar refractivity (Wildman–Crippen MR) is 122 cm³/mol. The van der Waals surface area contributed by atoms with Crippen molar-refractivity contribution in [1.29, 1.82) is 0 Å². The third-order valence-corrected chi connectivity index (χ3v) is 4.76. The van der Waals surface area contributed by atoms with Crippen molar-refractivity contribution in [3.05, 3.63) is 24.3 Å². The van der Waals surface area contributed by atoms with E-state index < -0.39 is 6.09 Å². The Bertz CT molecular complexity index is 447. The largest absolute Gasteiger partial charge is 0.439 e. The zero-order valence-electron chi connectivity index (χ0n) is 18.8. The highest BCUT2D eigenvalue weighted by molar-refractivity contribution is 5.79. The molecule has 0 saturated carbocycles. The molecule has 29 heavy (non-hydrogen) atoms. The van der Waals surface area contributed by atoms with Crippen LogP contribution < -0.4 is 10.6 Å². The van der Waals surface area contributed by atoms with Crippen LogP contribution in [0, 0.1) is 0 Å². The van der Waals surface area contributed by atoms with Crippen LogP contribution >= 0.6 is 0 Å². The zero-order valence-corrected chi connectivity index (χ0v) is 18.8. The third-order valence-electron chi connectivity index (χ3n) is 4.76. The highest BCUT2D eigenvalue weighted by Gasteiger charge is 2.04. The molecule has 0 fully saturated rings. The minimum Gasteiger partial charge on any atom is -0.439 e. The van der Waals surface area contributed by atoms with Crippen LogP contribution in [-0.2, 0) is 9.53 Å². The van der Waals surface area contributed by atoms with E-state index in [1.54, 1.807) is 0 Å². The van der Waals surface area contributed by atoms with Crippen LogP contribution in [0.3, 0.4) is 0 Å². The van der Waals surface area contributed by atoms with Crippen molar-refractivity contribution < 1.29 is 14.3 Å². The molecule has 0 aliphatic heterocycles. The lowest BCUT2D eigenvalue weighted by Crippen LogP contribution is -2.30. The minimum atomic E-state index is -0.523. The first kappa shape index (κ1) is 27.2. The van der Waals surface area contributed by atoms with Gasteiger partial charge < -0.3 is 15.4 Å². The number of nitrogens with one attached hydrogen (secondary N) is 2. The number of amides is 2. The highest BCUT2D eigenvalue weighted by atomic mass is 16.6. The molecule has 2 amide bonds. The molecule has 0 aromatic carbocycles. The van der Waals surface area contributed by atoms with Gasteiger partial charge in [0.2, 0.25) is 0 Å². The summed E-state index contributed by atoms with van der Waals surface area (Å²) in [5.74, 6) is -0.304. The summed E-state index contributed by atoms with van der Waals surface area (Å²) in [6.07, 6.45) is 25.9. The van der Waals surface area contributed by atoms with Gasteiger partial charge in [0.05, 0.1) is 0 Å². The van der Waals surface area contributed by atoms with E-state index in [0.717, 1.165) is 19.3 Å². The second-order valence-electron chi connectivity index (χ2n) is 7.47. The maximum atomic E-state index is 11.3. The van der Waals surface area contributed by atoms with Gasteiger partial charge in [0, 0.05) is 13.6 Å². The van der Waals surface area contributed by atoms with E-state index in [1.807, 2.05) is 0 Å². The van der Waals surface area contributed by atoms with E-state index >= 15 is 0 Å². The first-order valence-electron chi connectivity index (χ1n) is 11.6. The molecule has 5 nitrogen and oxygen atoms in total. The van der Waals surface area contributed by atoms with Crippen LogP contribution in [-0.4, -0.2) is 32.2 Å². The van der Waals surface area contributed by atoms with Gasteiger partial charge in [-0.05, 0) is 38.5 Å². The summed E-state index contributed by atoms with van der Waals surface area (Å²) in [6, 6.07) is 0. The third kappa shape index (κ3) is 22.4. The van der Waals surface area contributed by atoms with Crippen molar-refractivity contribution >= 4 is 12.0 Å². The van der Waals surface area contributed by atoms with Crippen LogP contribution in [0.2, 0.25) is 0 Å². The van der Waals surface area contributed by atoms with Gasteiger partial charge in [0.15, 0.2) is 6.61 Å². The van der Waals surface area contributed by atoms with Gasteiger partial charge >= 0.3 is 6.09 Å². The van der Waals surface area contributed by atoms with E-state index in [-0.39, 0.29) is 12.5 Å². The van der Waals surface area contributed by atoms with E-state index in [1.165, 1.54) is 77.7 Å². The first-order valence-corrected chi connectivity index (χ1v) is 11.6. The Kier molecular flexibility index (Phi) is 21.1. The summed E-state index contributed by atoms with van der Waals surface area (Å²) in [5.41, 5.74) is 0. The number of likely N-dealkylation sites (N-methyl/N-ethyl adjacent to an activating group) is 1.